The molecule has 1 aromatic rings. The maximum absolute atomic E-state index is 12.4. The molecule has 3 N–H and O–H groups in total. The van der Waals surface area contributed by atoms with E-state index in [4.69, 9.17) is 5.73 Å². The van der Waals surface area contributed by atoms with Gasteiger partial charge in [-0.2, -0.15) is 0 Å². The third kappa shape index (κ3) is 3.37. The largest absolute Gasteiger partial charge is 0.347 e. The Bertz CT molecular complexity index is 473. The molecule has 1 aliphatic rings. The van der Waals surface area contributed by atoms with E-state index >= 15 is 0 Å². The molecule has 0 radical (unpaired) electrons. The topological polar surface area (TPSA) is 68.0 Å². The van der Waals surface area contributed by atoms with Crippen LogP contribution in [0.2, 0.25) is 0 Å². The third-order valence-electron chi connectivity index (χ3n) is 4.15. The van der Waals surface area contributed by atoms with Gasteiger partial charge in [-0.25, -0.2) is 0 Å². The van der Waals surface area contributed by atoms with E-state index in [0.717, 1.165) is 30.5 Å². The fourth-order valence-corrected chi connectivity index (χ4v) is 2.90. The van der Waals surface area contributed by atoms with Crippen LogP contribution in [0.25, 0.3) is 0 Å². The Balaban J connectivity index is 2.10. The van der Waals surface area contributed by atoms with E-state index in [-0.39, 0.29) is 23.9 Å². The molecule has 1 saturated carbocycles. The van der Waals surface area contributed by atoms with E-state index in [1.54, 1.807) is 6.20 Å². The summed E-state index contributed by atoms with van der Waals surface area (Å²) in [7, 11) is 0. The summed E-state index contributed by atoms with van der Waals surface area (Å²) in [5.74, 6) is 0.500. The first kappa shape index (κ1) is 15.0. The summed E-state index contributed by atoms with van der Waals surface area (Å²) in [4.78, 5) is 16.9. The zero-order valence-corrected chi connectivity index (χ0v) is 12.6. The molecular formula is C16H25N3O. The molecule has 1 fully saturated rings. The van der Waals surface area contributed by atoms with Crippen LogP contribution in [0.3, 0.4) is 0 Å². The smallest absolute Gasteiger partial charge is 0.223 e. The van der Waals surface area contributed by atoms with Crippen molar-refractivity contribution in [3.05, 3.63) is 29.6 Å². The van der Waals surface area contributed by atoms with Crippen molar-refractivity contribution in [1.29, 1.82) is 0 Å². The molecule has 4 heteroatoms. The number of amides is 1. The lowest BCUT2D eigenvalue weighted by molar-refractivity contribution is -0.126. The van der Waals surface area contributed by atoms with Gasteiger partial charge >= 0.3 is 0 Å². The Kier molecular flexibility index (Phi) is 4.76. The fraction of sp³-hybridized carbons (Fsp3) is 0.625. The molecule has 110 valence electrons. The molecule has 3 atom stereocenters. The van der Waals surface area contributed by atoms with Crippen molar-refractivity contribution in [2.45, 2.75) is 52.1 Å². The van der Waals surface area contributed by atoms with Gasteiger partial charge in [0.05, 0.1) is 11.7 Å². The van der Waals surface area contributed by atoms with E-state index < -0.39 is 0 Å². The van der Waals surface area contributed by atoms with Gasteiger partial charge in [0, 0.05) is 18.2 Å². The predicted molar refractivity (Wildman–Crippen MR) is 80.0 cm³/mol. The van der Waals surface area contributed by atoms with Gasteiger partial charge in [0.25, 0.3) is 0 Å². The summed E-state index contributed by atoms with van der Waals surface area (Å²) in [5, 5.41) is 3.18. The molecular weight excluding hydrogens is 250 g/mol. The van der Waals surface area contributed by atoms with Crippen LogP contribution < -0.4 is 11.1 Å². The van der Waals surface area contributed by atoms with Gasteiger partial charge in [-0.05, 0) is 43.7 Å². The van der Waals surface area contributed by atoms with Crippen LogP contribution in [-0.2, 0) is 4.79 Å². The lowest BCUT2D eigenvalue weighted by atomic mass is 9.96. The molecule has 0 aliphatic heterocycles. The third-order valence-corrected chi connectivity index (χ3v) is 4.15. The summed E-state index contributed by atoms with van der Waals surface area (Å²) >= 11 is 0. The van der Waals surface area contributed by atoms with Crippen molar-refractivity contribution in [3.63, 3.8) is 0 Å². The minimum absolute atomic E-state index is 0.0273. The Hall–Kier alpha value is -1.42. The maximum Gasteiger partial charge on any atom is 0.223 e. The molecule has 1 aliphatic carbocycles. The van der Waals surface area contributed by atoms with Crippen LogP contribution in [0.5, 0.6) is 0 Å². The molecule has 2 rings (SSSR count). The summed E-state index contributed by atoms with van der Waals surface area (Å²) in [6.45, 7) is 6.26. The number of hydrogen-bond donors (Lipinski definition) is 2. The highest BCUT2D eigenvalue weighted by Crippen LogP contribution is 2.27. The average Bonchev–Trinajstić information content (AvgIpc) is 2.83. The van der Waals surface area contributed by atoms with Crippen molar-refractivity contribution in [1.82, 2.24) is 10.3 Å². The molecule has 1 amide bonds. The van der Waals surface area contributed by atoms with Crippen LogP contribution in [0.4, 0.5) is 0 Å². The zero-order chi connectivity index (χ0) is 14.7. The van der Waals surface area contributed by atoms with E-state index in [1.165, 1.54) is 0 Å². The van der Waals surface area contributed by atoms with Crippen molar-refractivity contribution < 1.29 is 4.79 Å². The second-order valence-corrected chi connectivity index (χ2v) is 6.21. The van der Waals surface area contributed by atoms with Crippen LogP contribution in [-0.4, -0.2) is 16.9 Å². The summed E-state index contributed by atoms with van der Waals surface area (Å²) in [6.07, 6.45) is 4.44. The van der Waals surface area contributed by atoms with Crippen molar-refractivity contribution in [3.8, 4) is 0 Å². The minimum atomic E-state index is -0.0273. The number of rotatable bonds is 4. The first-order valence-electron chi connectivity index (χ1n) is 7.46. The minimum Gasteiger partial charge on any atom is -0.347 e. The van der Waals surface area contributed by atoms with Crippen molar-refractivity contribution in [2.75, 3.05) is 0 Å². The van der Waals surface area contributed by atoms with Gasteiger partial charge in [0.2, 0.25) is 5.91 Å². The number of carbonyl (C=O) groups excluding carboxylic acids is 1. The normalized spacial score (nSPS) is 23.9. The van der Waals surface area contributed by atoms with Gasteiger partial charge in [0.15, 0.2) is 0 Å². The van der Waals surface area contributed by atoms with Crippen molar-refractivity contribution >= 4 is 5.91 Å². The number of aryl methyl sites for hydroxylation is 1. The molecule has 1 aromatic heterocycles. The van der Waals surface area contributed by atoms with E-state index in [2.05, 4.69) is 24.1 Å². The van der Waals surface area contributed by atoms with Gasteiger partial charge in [-0.15, -0.1) is 0 Å². The Morgan fingerprint density at radius 3 is 2.75 bits per heavy atom. The number of nitrogens with zero attached hydrogens (tertiary/aromatic N) is 1. The highest BCUT2D eigenvalue weighted by atomic mass is 16.2. The molecule has 4 nitrogen and oxygen atoms in total. The lowest BCUT2D eigenvalue weighted by Gasteiger charge is -2.25. The fourth-order valence-electron chi connectivity index (χ4n) is 2.90. The van der Waals surface area contributed by atoms with E-state index in [0.29, 0.717) is 5.92 Å². The molecule has 0 aromatic carbocycles. The predicted octanol–water partition coefficient (Wildman–Crippen LogP) is 2.33. The van der Waals surface area contributed by atoms with Crippen molar-refractivity contribution in [2.24, 2.45) is 17.6 Å². The summed E-state index contributed by atoms with van der Waals surface area (Å²) < 4.78 is 0. The Morgan fingerprint density at radius 1 is 1.45 bits per heavy atom. The summed E-state index contributed by atoms with van der Waals surface area (Å²) in [6, 6.07) is 4.11. The van der Waals surface area contributed by atoms with Gasteiger partial charge in [-0.1, -0.05) is 19.9 Å². The number of aromatic nitrogens is 1. The molecule has 20 heavy (non-hydrogen) atoms. The molecule has 0 saturated heterocycles. The number of carbonyl (C=O) groups is 1. The number of hydrogen-bond acceptors (Lipinski definition) is 3. The van der Waals surface area contributed by atoms with Gasteiger partial charge in [-0.3, -0.25) is 9.78 Å². The first-order chi connectivity index (χ1) is 9.49. The molecule has 3 unspecified atom stereocenters. The quantitative estimate of drug-likeness (QED) is 0.886. The Labute approximate surface area is 121 Å². The van der Waals surface area contributed by atoms with Crippen LogP contribution in [0.1, 0.15) is 50.4 Å². The Morgan fingerprint density at radius 2 is 2.20 bits per heavy atom. The van der Waals surface area contributed by atoms with Gasteiger partial charge < -0.3 is 11.1 Å². The molecule has 1 heterocycles. The van der Waals surface area contributed by atoms with Crippen LogP contribution in [0, 0.1) is 18.8 Å². The highest BCUT2D eigenvalue weighted by molar-refractivity contribution is 5.79. The average molecular weight is 275 g/mol. The first-order valence-corrected chi connectivity index (χ1v) is 7.46. The number of pyridine rings is 1. The standard InChI is InChI=1S/C16H25N3O/c1-10(2)14(15-11(3)5-4-8-18-15)19-16(20)12-6-7-13(17)9-12/h4-5,8,10,12-14H,6-7,9,17H2,1-3H3,(H,19,20). The van der Waals surface area contributed by atoms with E-state index in [9.17, 15) is 4.79 Å². The SMILES string of the molecule is Cc1cccnc1C(NC(=O)C1CCC(N)C1)C(C)C. The van der Waals surface area contributed by atoms with Crippen LogP contribution in [0.15, 0.2) is 18.3 Å². The van der Waals surface area contributed by atoms with Gasteiger partial charge in [0.1, 0.15) is 0 Å². The lowest BCUT2D eigenvalue weighted by Crippen LogP contribution is -2.36. The second-order valence-electron chi connectivity index (χ2n) is 6.21. The van der Waals surface area contributed by atoms with Crippen LogP contribution >= 0.6 is 0 Å². The molecule has 0 spiro atoms. The maximum atomic E-state index is 12.4. The van der Waals surface area contributed by atoms with E-state index in [1.807, 2.05) is 19.1 Å². The zero-order valence-electron chi connectivity index (χ0n) is 12.6. The summed E-state index contributed by atoms with van der Waals surface area (Å²) in [5.41, 5.74) is 7.99. The monoisotopic (exact) mass is 275 g/mol. The number of nitrogens with one attached hydrogen (secondary N) is 1. The molecule has 0 bridgehead atoms. The highest BCUT2D eigenvalue weighted by Gasteiger charge is 2.30. The number of nitrogens with two attached hydrogens (primary N) is 1. The second kappa shape index (κ2) is 6.35.